The number of unbranched alkanes of at least 4 members (excludes halogenated alkanes) is 2. The second kappa shape index (κ2) is 7.48. The van der Waals surface area contributed by atoms with Crippen molar-refractivity contribution in [3.63, 3.8) is 0 Å². The number of carbonyl (C=O) groups is 1. The van der Waals surface area contributed by atoms with Crippen LogP contribution in [0.4, 0.5) is 4.39 Å². The molecule has 1 N–H and O–H groups in total. The molecular weight excluding hydrogens is 301 g/mol. The number of nitrogens with zero attached hydrogens (tertiary/aromatic N) is 1. The normalized spacial score (nSPS) is 10.4. The summed E-state index contributed by atoms with van der Waals surface area (Å²) in [4.78, 5) is 13.5. The molecular formula is C13H17BrFNO2. The molecule has 0 saturated heterocycles. The minimum Gasteiger partial charge on any atom is -0.396 e. The second-order valence-electron chi connectivity index (χ2n) is 4.14. The minimum atomic E-state index is -0.517. The van der Waals surface area contributed by atoms with Crippen LogP contribution in [-0.2, 0) is 0 Å². The number of hydrogen-bond acceptors (Lipinski definition) is 2. The number of aliphatic hydroxyl groups excluding tert-OH is 1. The van der Waals surface area contributed by atoms with E-state index in [2.05, 4.69) is 15.9 Å². The highest BCUT2D eigenvalue weighted by molar-refractivity contribution is 9.10. The molecule has 0 saturated carbocycles. The molecule has 5 heteroatoms. The Kier molecular flexibility index (Phi) is 6.29. The van der Waals surface area contributed by atoms with E-state index in [1.807, 2.05) is 0 Å². The van der Waals surface area contributed by atoms with E-state index in [0.717, 1.165) is 19.3 Å². The van der Waals surface area contributed by atoms with Gasteiger partial charge in [0.1, 0.15) is 5.82 Å². The smallest absolute Gasteiger partial charge is 0.256 e. The Morgan fingerprint density at radius 3 is 2.72 bits per heavy atom. The van der Waals surface area contributed by atoms with Crippen molar-refractivity contribution in [2.75, 3.05) is 20.2 Å². The van der Waals surface area contributed by atoms with E-state index >= 15 is 0 Å². The first-order valence-electron chi connectivity index (χ1n) is 5.87. The average Bonchev–Trinajstić information content (AvgIpc) is 2.33. The standard InChI is InChI=1S/C13H17BrFNO2/c1-16(7-3-2-4-8-17)13(18)11-6-5-10(14)9-12(11)15/h5-6,9,17H,2-4,7-8H2,1H3. The van der Waals surface area contributed by atoms with E-state index in [4.69, 9.17) is 5.11 Å². The Labute approximate surface area is 115 Å². The van der Waals surface area contributed by atoms with Crippen LogP contribution in [0.5, 0.6) is 0 Å². The number of benzene rings is 1. The van der Waals surface area contributed by atoms with Crippen LogP contribution in [0.15, 0.2) is 22.7 Å². The predicted octanol–water partition coefficient (Wildman–Crippen LogP) is 2.82. The van der Waals surface area contributed by atoms with Crippen molar-refractivity contribution in [3.05, 3.63) is 34.1 Å². The number of rotatable bonds is 6. The molecule has 1 rings (SSSR count). The number of halogens is 2. The summed E-state index contributed by atoms with van der Waals surface area (Å²) in [7, 11) is 1.66. The Hall–Kier alpha value is -0.940. The van der Waals surface area contributed by atoms with Crippen molar-refractivity contribution in [3.8, 4) is 0 Å². The van der Waals surface area contributed by atoms with Gasteiger partial charge in [-0.15, -0.1) is 0 Å². The number of carbonyl (C=O) groups excluding carboxylic acids is 1. The minimum absolute atomic E-state index is 0.0860. The first kappa shape index (κ1) is 15.1. The Morgan fingerprint density at radius 1 is 1.39 bits per heavy atom. The molecule has 0 aromatic heterocycles. The molecule has 0 atom stereocenters. The van der Waals surface area contributed by atoms with Gasteiger partial charge in [0, 0.05) is 24.7 Å². The van der Waals surface area contributed by atoms with Crippen LogP contribution in [0.3, 0.4) is 0 Å². The topological polar surface area (TPSA) is 40.5 Å². The van der Waals surface area contributed by atoms with Gasteiger partial charge in [-0.25, -0.2) is 4.39 Å². The van der Waals surface area contributed by atoms with Gasteiger partial charge in [-0.1, -0.05) is 15.9 Å². The van der Waals surface area contributed by atoms with Crippen LogP contribution in [0.1, 0.15) is 29.6 Å². The SMILES string of the molecule is CN(CCCCCO)C(=O)c1ccc(Br)cc1F. The summed E-state index contributed by atoms with van der Waals surface area (Å²) in [5.74, 6) is -0.833. The lowest BCUT2D eigenvalue weighted by atomic mass is 10.1. The molecule has 0 spiro atoms. The third-order valence-electron chi connectivity index (χ3n) is 2.66. The van der Waals surface area contributed by atoms with Gasteiger partial charge in [0.15, 0.2) is 0 Å². The Bertz CT molecular complexity index is 412. The molecule has 0 aliphatic carbocycles. The van der Waals surface area contributed by atoms with Gasteiger partial charge < -0.3 is 10.0 Å². The highest BCUT2D eigenvalue weighted by atomic mass is 79.9. The fraction of sp³-hybridized carbons (Fsp3) is 0.462. The number of aliphatic hydroxyl groups is 1. The van der Waals surface area contributed by atoms with E-state index in [1.165, 1.54) is 17.0 Å². The highest BCUT2D eigenvalue weighted by Gasteiger charge is 2.15. The summed E-state index contributed by atoms with van der Waals surface area (Å²) in [6, 6.07) is 4.41. The van der Waals surface area contributed by atoms with Gasteiger partial charge in [-0.05, 0) is 37.5 Å². The lowest BCUT2D eigenvalue weighted by Gasteiger charge is -2.17. The third-order valence-corrected chi connectivity index (χ3v) is 3.15. The van der Waals surface area contributed by atoms with Crippen molar-refractivity contribution >= 4 is 21.8 Å². The number of amides is 1. The van der Waals surface area contributed by atoms with E-state index in [9.17, 15) is 9.18 Å². The van der Waals surface area contributed by atoms with Crippen LogP contribution in [0, 0.1) is 5.82 Å². The van der Waals surface area contributed by atoms with Crippen LogP contribution in [0.25, 0.3) is 0 Å². The van der Waals surface area contributed by atoms with Gasteiger partial charge in [-0.2, -0.15) is 0 Å². The fourth-order valence-corrected chi connectivity index (χ4v) is 1.94. The van der Waals surface area contributed by atoms with E-state index in [1.54, 1.807) is 13.1 Å². The maximum absolute atomic E-state index is 13.6. The molecule has 3 nitrogen and oxygen atoms in total. The molecule has 100 valence electrons. The first-order chi connectivity index (χ1) is 8.56. The van der Waals surface area contributed by atoms with E-state index in [0.29, 0.717) is 11.0 Å². The molecule has 1 aromatic rings. The van der Waals surface area contributed by atoms with Gasteiger partial charge >= 0.3 is 0 Å². The second-order valence-corrected chi connectivity index (χ2v) is 5.05. The summed E-state index contributed by atoms with van der Waals surface area (Å²) in [5.41, 5.74) is 0.0860. The van der Waals surface area contributed by atoms with Crippen molar-refractivity contribution in [2.24, 2.45) is 0 Å². The molecule has 0 bridgehead atoms. The maximum Gasteiger partial charge on any atom is 0.256 e. The van der Waals surface area contributed by atoms with Crippen molar-refractivity contribution in [1.82, 2.24) is 4.90 Å². The summed E-state index contributed by atoms with van der Waals surface area (Å²) in [6.07, 6.45) is 2.40. The van der Waals surface area contributed by atoms with Crippen LogP contribution >= 0.6 is 15.9 Å². The molecule has 1 amide bonds. The monoisotopic (exact) mass is 317 g/mol. The zero-order chi connectivity index (χ0) is 13.5. The largest absolute Gasteiger partial charge is 0.396 e. The zero-order valence-electron chi connectivity index (χ0n) is 10.3. The van der Waals surface area contributed by atoms with Crippen molar-refractivity contribution < 1.29 is 14.3 Å². The highest BCUT2D eigenvalue weighted by Crippen LogP contribution is 2.16. The summed E-state index contributed by atoms with van der Waals surface area (Å²) >= 11 is 3.15. The van der Waals surface area contributed by atoms with Crippen molar-refractivity contribution in [1.29, 1.82) is 0 Å². The Morgan fingerprint density at radius 2 is 2.11 bits per heavy atom. The molecule has 0 heterocycles. The zero-order valence-corrected chi connectivity index (χ0v) is 11.9. The third kappa shape index (κ3) is 4.38. The maximum atomic E-state index is 13.6. The molecule has 0 aliphatic rings. The lowest BCUT2D eigenvalue weighted by molar-refractivity contribution is 0.0787. The quantitative estimate of drug-likeness (QED) is 0.820. The van der Waals surface area contributed by atoms with Gasteiger partial charge in [0.05, 0.1) is 5.56 Å². The van der Waals surface area contributed by atoms with E-state index in [-0.39, 0.29) is 18.1 Å². The summed E-state index contributed by atoms with van der Waals surface area (Å²) < 4.78 is 14.2. The van der Waals surface area contributed by atoms with E-state index < -0.39 is 5.82 Å². The van der Waals surface area contributed by atoms with Crippen LogP contribution < -0.4 is 0 Å². The number of hydrogen-bond donors (Lipinski definition) is 1. The van der Waals surface area contributed by atoms with Crippen molar-refractivity contribution in [2.45, 2.75) is 19.3 Å². The van der Waals surface area contributed by atoms with Gasteiger partial charge in [0.25, 0.3) is 5.91 Å². The molecule has 0 aliphatic heterocycles. The summed E-state index contributed by atoms with van der Waals surface area (Å²) in [6.45, 7) is 0.730. The van der Waals surface area contributed by atoms with Gasteiger partial charge in [0.2, 0.25) is 0 Å². The molecule has 18 heavy (non-hydrogen) atoms. The predicted molar refractivity (Wildman–Crippen MR) is 72.0 cm³/mol. The molecule has 1 aromatic carbocycles. The fourth-order valence-electron chi connectivity index (χ4n) is 1.61. The van der Waals surface area contributed by atoms with Crippen LogP contribution in [-0.4, -0.2) is 36.1 Å². The molecule has 0 unspecified atom stereocenters. The molecule has 0 radical (unpaired) electrons. The average molecular weight is 318 g/mol. The molecule has 0 fully saturated rings. The summed E-state index contributed by atoms with van der Waals surface area (Å²) in [5, 5.41) is 8.65. The van der Waals surface area contributed by atoms with Crippen LogP contribution in [0.2, 0.25) is 0 Å². The van der Waals surface area contributed by atoms with Gasteiger partial charge in [-0.3, -0.25) is 4.79 Å². The lowest BCUT2D eigenvalue weighted by Crippen LogP contribution is -2.28. The first-order valence-corrected chi connectivity index (χ1v) is 6.67. The Balaban J connectivity index is 2.57.